The summed E-state index contributed by atoms with van der Waals surface area (Å²) in [6, 6.07) is 0. The molecule has 1 saturated carbocycles. The van der Waals surface area contributed by atoms with Gasteiger partial charge >= 0.3 is 0 Å². The second kappa shape index (κ2) is 3.62. The minimum Gasteiger partial charge on any atom is -0.299 e. The molecule has 0 radical (unpaired) electrons. The van der Waals surface area contributed by atoms with E-state index in [4.69, 9.17) is 4.55 Å². The zero-order valence-electron chi connectivity index (χ0n) is 8.49. The van der Waals surface area contributed by atoms with Crippen molar-refractivity contribution in [3.05, 3.63) is 0 Å². The Hall–Kier alpha value is -0.420. The number of hydrogen-bond donors (Lipinski definition) is 1. The van der Waals surface area contributed by atoms with Gasteiger partial charge in [0, 0.05) is 11.8 Å². The van der Waals surface area contributed by atoms with Crippen molar-refractivity contribution < 1.29 is 17.8 Å². The first-order valence-corrected chi connectivity index (χ1v) is 6.38. The van der Waals surface area contributed by atoms with Crippen LogP contribution < -0.4 is 0 Å². The summed E-state index contributed by atoms with van der Waals surface area (Å²) in [6.07, 6.45) is 1.49. The Morgan fingerprint density at radius 3 is 2.43 bits per heavy atom. The van der Waals surface area contributed by atoms with Crippen LogP contribution in [0.15, 0.2) is 0 Å². The largest absolute Gasteiger partial charge is 0.299 e. The Morgan fingerprint density at radius 2 is 2.14 bits per heavy atom. The van der Waals surface area contributed by atoms with Gasteiger partial charge in [0.15, 0.2) is 0 Å². The molecule has 1 aliphatic carbocycles. The highest BCUT2D eigenvalue weighted by Gasteiger charge is 2.46. The van der Waals surface area contributed by atoms with Gasteiger partial charge in [-0.15, -0.1) is 0 Å². The number of Topliss-reactive ketones (excluding diaryl/α,β-unsaturated/α-hetero) is 1. The molecule has 1 fully saturated rings. The van der Waals surface area contributed by atoms with Crippen molar-refractivity contribution in [1.29, 1.82) is 0 Å². The van der Waals surface area contributed by atoms with E-state index in [2.05, 4.69) is 0 Å². The zero-order valence-corrected chi connectivity index (χ0v) is 9.30. The van der Waals surface area contributed by atoms with E-state index in [0.717, 1.165) is 0 Å². The molecule has 4 nitrogen and oxygen atoms in total. The molecule has 0 aromatic carbocycles. The molecule has 0 saturated heterocycles. The molecule has 0 aromatic heterocycles. The molecule has 2 atom stereocenters. The molecule has 1 aliphatic rings. The van der Waals surface area contributed by atoms with Crippen LogP contribution in [0.1, 0.15) is 33.1 Å². The van der Waals surface area contributed by atoms with E-state index in [1.54, 1.807) is 6.92 Å². The molecule has 0 bridgehead atoms. The van der Waals surface area contributed by atoms with Gasteiger partial charge in [-0.3, -0.25) is 9.35 Å². The van der Waals surface area contributed by atoms with Crippen LogP contribution in [0.4, 0.5) is 0 Å². The Kier molecular flexibility index (Phi) is 3.02. The van der Waals surface area contributed by atoms with Crippen LogP contribution in [0, 0.1) is 11.3 Å². The quantitative estimate of drug-likeness (QED) is 0.727. The van der Waals surface area contributed by atoms with E-state index in [-0.39, 0.29) is 11.7 Å². The van der Waals surface area contributed by atoms with Crippen LogP contribution in [0.3, 0.4) is 0 Å². The van der Waals surface area contributed by atoms with E-state index in [9.17, 15) is 13.2 Å². The summed E-state index contributed by atoms with van der Waals surface area (Å²) in [5.74, 6) is -0.214. The van der Waals surface area contributed by atoms with Crippen LogP contribution in [-0.2, 0) is 14.9 Å². The van der Waals surface area contributed by atoms with E-state index in [1.807, 2.05) is 6.92 Å². The van der Waals surface area contributed by atoms with Crippen LogP contribution >= 0.6 is 0 Å². The second-order valence-corrected chi connectivity index (χ2v) is 5.75. The fourth-order valence-electron chi connectivity index (χ4n) is 2.32. The molecular formula is C9H16O4S. The first-order valence-electron chi connectivity index (χ1n) is 4.77. The normalized spacial score (nSPS) is 33.6. The molecule has 2 unspecified atom stereocenters. The van der Waals surface area contributed by atoms with Crippen LogP contribution in [0.2, 0.25) is 0 Å². The number of carbonyl (C=O) groups excluding carboxylic acids is 1. The molecule has 1 rings (SSSR count). The summed E-state index contributed by atoms with van der Waals surface area (Å²) >= 11 is 0. The highest BCUT2D eigenvalue weighted by molar-refractivity contribution is 7.85. The van der Waals surface area contributed by atoms with Crippen molar-refractivity contribution in [3.63, 3.8) is 0 Å². The fraction of sp³-hybridized carbons (Fsp3) is 0.889. The van der Waals surface area contributed by atoms with E-state index in [0.29, 0.717) is 19.3 Å². The molecular weight excluding hydrogens is 204 g/mol. The van der Waals surface area contributed by atoms with E-state index < -0.39 is 21.3 Å². The molecule has 0 aromatic rings. The minimum atomic E-state index is -4.06. The van der Waals surface area contributed by atoms with Crippen molar-refractivity contribution in [2.45, 2.75) is 33.1 Å². The molecule has 0 aliphatic heterocycles. The standard InChI is InChI=1S/C9H16O4S/c1-3-9(6-14(11,12)13)5-7(2)4-8(9)10/h7H,3-6H2,1-2H3,(H,11,12,13). The minimum absolute atomic E-state index is 0.0230. The Bertz CT molecular complexity index is 333. The lowest BCUT2D eigenvalue weighted by atomic mass is 9.84. The summed E-state index contributed by atoms with van der Waals surface area (Å²) in [7, 11) is -4.06. The summed E-state index contributed by atoms with van der Waals surface area (Å²) in [6.45, 7) is 3.72. The maximum Gasteiger partial charge on any atom is 0.265 e. The monoisotopic (exact) mass is 220 g/mol. The molecule has 5 heteroatoms. The highest BCUT2D eigenvalue weighted by Crippen LogP contribution is 2.42. The first-order chi connectivity index (χ1) is 6.29. The smallest absolute Gasteiger partial charge is 0.265 e. The summed E-state index contributed by atoms with van der Waals surface area (Å²) < 4.78 is 30.4. The van der Waals surface area contributed by atoms with Gasteiger partial charge in [0.2, 0.25) is 0 Å². The number of ketones is 1. The average Bonchev–Trinajstić information content (AvgIpc) is 2.24. The second-order valence-electron chi connectivity index (χ2n) is 4.30. The molecule has 0 amide bonds. The number of carbonyl (C=O) groups is 1. The van der Waals surface area contributed by atoms with Gasteiger partial charge in [-0.2, -0.15) is 8.42 Å². The van der Waals surface area contributed by atoms with Crippen LogP contribution in [-0.4, -0.2) is 24.5 Å². The molecule has 0 heterocycles. The maximum absolute atomic E-state index is 11.6. The predicted molar refractivity (Wildman–Crippen MR) is 52.5 cm³/mol. The van der Waals surface area contributed by atoms with Crippen molar-refractivity contribution in [1.82, 2.24) is 0 Å². The third-order valence-corrected chi connectivity index (χ3v) is 3.92. The van der Waals surface area contributed by atoms with E-state index >= 15 is 0 Å². The van der Waals surface area contributed by atoms with Crippen molar-refractivity contribution in [2.24, 2.45) is 11.3 Å². The highest BCUT2D eigenvalue weighted by atomic mass is 32.2. The fourth-order valence-corrected chi connectivity index (χ4v) is 3.50. The lowest BCUT2D eigenvalue weighted by Crippen LogP contribution is -2.33. The van der Waals surface area contributed by atoms with Crippen LogP contribution in [0.5, 0.6) is 0 Å². The molecule has 0 spiro atoms. The summed E-state index contributed by atoms with van der Waals surface area (Å²) in [5, 5.41) is 0. The molecule has 82 valence electrons. The Balaban J connectivity index is 2.93. The zero-order chi connectivity index (χ0) is 11.0. The lowest BCUT2D eigenvalue weighted by molar-refractivity contribution is -0.125. The Morgan fingerprint density at radius 1 is 1.57 bits per heavy atom. The predicted octanol–water partition coefficient (Wildman–Crippen LogP) is 1.27. The van der Waals surface area contributed by atoms with Crippen molar-refractivity contribution in [3.8, 4) is 0 Å². The van der Waals surface area contributed by atoms with Gasteiger partial charge in [-0.05, 0) is 18.8 Å². The van der Waals surface area contributed by atoms with Crippen LogP contribution in [0.25, 0.3) is 0 Å². The topological polar surface area (TPSA) is 71.4 Å². The van der Waals surface area contributed by atoms with Gasteiger partial charge in [0.25, 0.3) is 10.1 Å². The average molecular weight is 220 g/mol. The van der Waals surface area contributed by atoms with Gasteiger partial charge in [0.1, 0.15) is 5.78 Å². The molecule has 14 heavy (non-hydrogen) atoms. The third kappa shape index (κ3) is 2.33. The van der Waals surface area contributed by atoms with E-state index in [1.165, 1.54) is 0 Å². The number of hydrogen-bond acceptors (Lipinski definition) is 3. The van der Waals surface area contributed by atoms with Gasteiger partial charge in [-0.1, -0.05) is 13.8 Å². The van der Waals surface area contributed by atoms with Crippen molar-refractivity contribution in [2.75, 3.05) is 5.75 Å². The lowest BCUT2D eigenvalue weighted by Gasteiger charge is -2.24. The van der Waals surface area contributed by atoms with Gasteiger partial charge < -0.3 is 0 Å². The SMILES string of the molecule is CCC1(CS(=O)(=O)O)CC(C)CC1=O. The number of rotatable bonds is 3. The molecule has 1 N–H and O–H groups in total. The summed E-state index contributed by atoms with van der Waals surface area (Å²) in [5.41, 5.74) is -0.826. The van der Waals surface area contributed by atoms with Gasteiger partial charge in [-0.25, -0.2) is 0 Å². The Labute approximate surface area is 84.4 Å². The summed E-state index contributed by atoms with van der Waals surface area (Å²) in [4.78, 5) is 11.6. The third-order valence-electron chi connectivity index (χ3n) is 3.00. The maximum atomic E-state index is 11.6. The van der Waals surface area contributed by atoms with Crippen molar-refractivity contribution >= 4 is 15.9 Å². The van der Waals surface area contributed by atoms with Gasteiger partial charge in [0.05, 0.1) is 5.75 Å². The first kappa shape index (κ1) is 11.7.